The Balaban J connectivity index is 2.01. The van der Waals surface area contributed by atoms with Gasteiger partial charge in [-0.1, -0.05) is 12.8 Å². The third-order valence-electron chi connectivity index (χ3n) is 3.42. The van der Waals surface area contributed by atoms with Crippen LogP contribution in [-0.2, 0) is 11.2 Å². The van der Waals surface area contributed by atoms with Gasteiger partial charge >= 0.3 is 0 Å². The summed E-state index contributed by atoms with van der Waals surface area (Å²) in [7, 11) is 0. The number of ketones is 1. The van der Waals surface area contributed by atoms with Crippen LogP contribution in [0.4, 0.5) is 0 Å². The summed E-state index contributed by atoms with van der Waals surface area (Å²) in [6.07, 6.45) is 7.31. The summed E-state index contributed by atoms with van der Waals surface area (Å²) in [5.41, 5.74) is 5.84. The van der Waals surface area contributed by atoms with Gasteiger partial charge in [-0.2, -0.15) is 5.10 Å². The first kappa shape index (κ1) is 12.3. The van der Waals surface area contributed by atoms with Gasteiger partial charge in [0, 0.05) is 6.20 Å². The minimum Gasteiger partial charge on any atom is -0.319 e. The zero-order chi connectivity index (χ0) is 12.5. The second kappa shape index (κ2) is 4.61. The Kier molecular flexibility index (Phi) is 3.33. The molecular formula is C13H21N3O. The van der Waals surface area contributed by atoms with Gasteiger partial charge in [-0.3, -0.25) is 9.48 Å². The molecule has 0 saturated heterocycles. The molecule has 0 unspecified atom stereocenters. The highest BCUT2D eigenvalue weighted by atomic mass is 16.1. The fraction of sp³-hybridized carbons (Fsp3) is 0.692. The largest absolute Gasteiger partial charge is 0.319 e. The molecule has 1 aliphatic carbocycles. The van der Waals surface area contributed by atoms with Crippen LogP contribution in [0.2, 0.25) is 0 Å². The van der Waals surface area contributed by atoms with E-state index in [1.807, 2.05) is 16.9 Å². The molecule has 0 radical (unpaired) electrons. The molecule has 1 saturated carbocycles. The van der Waals surface area contributed by atoms with Crippen LogP contribution in [-0.4, -0.2) is 21.1 Å². The third kappa shape index (κ3) is 2.94. The zero-order valence-electron chi connectivity index (χ0n) is 10.6. The molecular weight excluding hydrogens is 214 g/mol. The Hall–Kier alpha value is -1.16. The predicted molar refractivity (Wildman–Crippen MR) is 66.7 cm³/mol. The Morgan fingerprint density at radius 2 is 2.18 bits per heavy atom. The number of carbonyl (C=O) groups is 1. The van der Waals surface area contributed by atoms with E-state index in [9.17, 15) is 4.79 Å². The molecule has 0 aromatic carbocycles. The third-order valence-corrected chi connectivity index (χ3v) is 3.42. The van der Waals surface area contributed by atoms with Gasteiger partial charge in [-0.05, 0) is 32.8 Å². The number of rotatable bonds is 4. The van der Waals surface area contributed by atoms with Crippen molar-refractivity contribution in [2.45, 2.75) is 57.5 Å². The maximum absolute atomic E-state index is 11.8. The minimum atomic E-state index is -0.767. The molecule has 0 amide bonds. The molecule has 1 aliphatic rings. The first-order valence-electron chi connectivity index (χ1n) is 6.33. The average molecular weight is 235 g/mol. The van der Waals surface area contributed by atoms with E-state index in [4.69, 9.17) is 5.73 Å². The molecule has 4 nitrogen and oxygen atoms in total. The van der Waals surface area contributed by atoms with Crippen molar-refractivity contribution in [1.82, 2.24) is 9.78 Å². The summed E-state index contributed by atoms with van der Waals surface area (Å²) in [6, 6.07) is 2.46. The second-order valence-electron chi connectivity index (χ2n) is 5.55. The van der Waals surface area contributed by atoms with E-state index in [2.05, 4.69) is 5.10 Å². The first-order chi connectivity index (χ1) is 7.97. The molecule has 1 aromatic heterocycles. The number of nitrogens with zero attached hydrogens (tertiary/aromatic N) is 2. The summed E-state index contributed by atoms with van der Waals surface area (Å²) in [4.78, 5) is 11.8. The van der Waals surface area contributed by atoms with Gasteiger partial charge in [0.15, 0.2) is 5.78 Å². The van der Waals surface area contributed by atoms with Gasteiger partial charge < -0.3 is 5.73 Å². The molecule has 0 spiro atoms. The van der Waals surface area contributed by atoms with Crippen LogP contribution in [0, 0.1) is 0 Å². The van der Waals surface area contributed by atoms with Gasteiger partial charge in [0.1, 0.15) is 0 Å². The molecule has 94 valence electrons. The fourth-order valence-corrected chi connectivity index (χ4v) is 2.24. The SMILES string of the molecule is CC(C)(N)C(=O)Cc1ccn(C2CCCC2)n1. The van der Waals surface area contributed by atoms with Crippen molar-refractivity contribution in [3.8, 4) is 0 Å². The second-order valence-corrected chi connectivity index (χ2v) is 5.55. The molecule has 1 fully saturated rings. The molecule has 2 N–H and O–H groups in total. The van der Waals surface area contributed by atoms with Crippen LogP contribution in [0.15, 0.2) is 12.3 Å². The lowest BCUT2D eigenvalue weighted by atomic mass is 9.97. The Morgan fingerprint density at radius 1 is 1.53 bits per heavy atom. The van der Waals surface area contributed by atoms with Crippen LogP contribution in [0.5, 0.6) is 0 Å². The van der Waals surface area contributed by atoms with E-state index < -0.39 is 5.54 Å². The van der Waals surface area contributed by atoms with Crippen LogP contribution >= 0.6 is 0 Å². The molecule has 0 atom stereocenters. The number of hydrogen-bond donors (Lipinski definition) is 1. The number of aromatic nitrogens is 2. The highest BCUT2D eigenvalue weighted by Gasteiger charge is 2.23. The number of nitrogens with two attached hydrogens (primary N) is 1. The topological polar surface area (TPSA) is 60.9 Å². The van der Waals surface area contributed by atoms with E-state index in [0.29, 0.717) is 12.5 Å². The molecule has 2 rings (SSSR count). The van der Waals surface area contributed by atoms with Crippen molar-refractivity contribution in [2.75, 3.05) is 0 Å². The zero-order valence-corrected chi connectivity index (χ0v) is 10.6. The lowest BCUT2D eigenvalue weighted by molar-refractivity contribution is -0.122. The van der Waals surface area contributed by atoms with E-state index in [-0.39, 0.29) is 5.78 Å². The van der Waals surface area contributed by atoms with E-state index in [1.54, 1.807) is 13.8 Å². The summed E-state index contributed by atoms with van der Waals surface area (Å²) in [6.45, 7) is 3.48. The van der Waals surface area contributed by atoms with Gasteiger partial charge in [-0.15, -0.1) is 0 Å². The van der Waals surface area contributed by atoms with Crippen molar-refractivity contribution >= 4 is 5.78 Å². The van der Waals surface area contributed by atoms with Crippen LogP contribution < -0.4 is 5.73 Å². The minimum absolute atomic E-state index is 0.0363. The molecule has 0 bridgehead atoms. The standard InChI is InChI=1S/C13H21N3O/c1-13(2,14)12(17)9-10-7-8-16(15-10)11-5-3-4-6-11/h7-8,11H,3-6,9,14H2,1-2H3. The van der Waals surface area contributed by atoms with Gasteiger partial charge in [0.05, 0.1) is 23.7 Å². The maximum Gasteiger partial charge on any atom is 0.158 e. The summed E-state index contributed by atoms with van der Waals surface area (Å²) < 4.78 is 2.01. The molecule has 1 aromatic rings. The Labute approximate surface area is 102 Å². The smallest absolute Gasteiger partial charge is 0.158 e. The Bertz CT molecular complexity index is 397. The quantitative estimate of drug-likeness (QED) is 0.866. The number of carbonyl (C=O) groups excluding carboxylic acids is 1. The fourth-order valence-electron chi connectivity index (χ4n) is 2.24. The van der Waals surface area contributed by atoms with E-state index in [1.165, 1.54) is 25.7 Å². The van der Waals surface area contributed by atoms with Crippen molar-refractivity contribution in [2.24, 2.45) is 5.73 Å². The highest BCUT2D eigenvalue weighted by molar-refractivity contribution is 5.88. The summed E-state index contributed by atoms with van der Waals surface area (Å²) in [5, 5.41) is 4.49. The first-order valence-corrected chi connectivity index (χ1v) is 6.33. The van der Waals surface area contributed by atoms with Crippen molar-refractivity contribution in [3.05, 3.63) is 18.0 Å². The summed E-state index contributed by atoms with van der Waals surface area (Å²) in [5.74, 6) is 0.0363. The van der Waals surface area contributed by atoms with Crippen molar-refractivity contribution in [1.29, 1.82) is 0 Å². The van der Waals surface area contributed by atoms with Gasteiger partial charge in [0.2, 0.25) is 0 Å². The van der Waals surface area contributed by atoms with Crippen LogP contribution in [0.1, 0.15) is 51.3 Å². The van der Waals surface area contributed by atoms with Crippen LogP contribution in [0.25, 0.3) is 0 Å². The van der Waals surface area contributed by atoms with E-state index in [0.717, 1.165) is 5.69 Å². The van der Waals surface area contributed by atoms with Crippen molar-refractivity contribution in [3.63, 3.8) is 0 Å². The molecule has 0 aliphatic heterocycles. The normalized spacial score (nSPS) is 17.6. The maximum atomic E-state index is 11.8. The lowest BCUT2D eigenvalue weighted by Gasteiger charge is -2.15. The monoisotopic (exact) mass is 235 g/mol. The molecule has 17 heavy (non-hydrogen) atoms. The number of Topliss-reactive ketones (excluding diaryl/α,β-unsaturated/α-hetero) is 1. The van der Waals surface area contributed by atoms with Crippen molar-refractivity contribution < 1.29 is 4.79 Å². The average Bonchev–Trinajstić information content (AvgIpc) is 2.83. The van der Waals surface area contributed by atoms with E-state index >= 15 is 0 Å². The lowest BCUT2D eigenvalue weighted by Crippen LogP contribution is -2.42. The molecule has 1 heterocycles. The highest BCUT2D eigenvalue weighted by Crippen LogP contribution is 2.28. The summed E-state index contributed by atoms with van der Waals surface area (Å²) >= 11 is 0. The number of hydrogen-bond acceptors (Lipinski definition) is 3. The van der Waals surface area contributed by atoms with Crippen LogP contribution in [0.3, 0.4) is 0 Å². The predicted octanol–water partition coefficient (Wildman–Crippen LogP) is 1.85. The Morgan fingerprint density at radius 3 is 2.76 bits per heavy atom. The van der Waals surface area contributed by atoms with Gasteiger partial charge in [0.25, 0.3) is 0 Å². The molecule has 4 heteroatoms. The van der Waals surface area contributed by atoms with Gasteiger partial charge in [-0.25, -0.2) is 0 Å².